The molecule has 0 atom stereocenters. The van der Waals surface area contributed by atoms with Crippen molar-refractivity contribution in [2.45, 2.75) is 34.1 Å². The van der Waals surface area contributed by atoms with E-state index in [2.05, 4.69) is 31.8 Å². The SMILES string of the molecule is CC=N/C(=C\CC)C(C)C. The van der Waals surface area contributed by atoms with E-state index >= 15 is 0 Å². The molecule has 0 N–H and O–H groups in total. The van der Waals surface area contributed by atoms with Crippen LogP contribution < -0.4 is 0 Å². The standard InChI is InChI=1S/C9H17N/c1-5-7-9(8(3)4)10-6-2/h6-8H,5H2,1-4H3/b9-7-,10-6?. The molecule has 0 aromatic heterocycles. The summed E-state index contributed by atoms with van der Waals surface area (Å²) in [4.78, 5) is 4.25. The van der Waals surface area contributed by atoms with Crippen LogP contribution in [0.4, 0.5) is 0 Å². The van der Waals surface area contributed by atoms with Gasteiger partial charge in [-0.2, -0.15) is 0 Å². The Kier molecular flexibility index (Phi) is 4.91. The van der Waals surface area contributed by atoms with Crippen molar-refractivity contribution >= 4 is 6.21 Å². The topological polar surface area (TPSA) is 12.4 Å². The summed E-state index contributed by atoms with van der Waals surface area (Å²) in [6.07, 6.45) is 5.09. The zero-order valence-corrected chi connectivity index (χ0v) is 7.39. The second-order valence-electron chi connectivity index (χ2n) is 2.58. The maximum Gasteiger partial charge on any atom is 0.0385 e. The first-order valence-corrected chi connectivity index (χ1v) is 3.91. The Hall–Kier alpha value is -0.590. The number of hydrogen-bond donors (Lipinski definition) is 0. The van der Waals surface area contributed by atoms with E-state index in [1.165, 1.54) is 5.70 Å². The summed E-state index contributed by atoms with van der Waals surface area (Å²) in [7, 11) is 0. The molecule has 0 fully saturated rings. The molecule has 0 saturated heterocycles. The van der Waals surface area contributed by atoms with Crippen LogP contribution in [-0.2, 0) is 0 Å². The molecule has 10 heavy (non-hydrogen) atoms. The fourth-order valence-corrected chi connectivity index (χ4v) is 0.796. The van der Waals surface area contributed by atoms with Crippen molar-refractivity contribution in [3.8, 4) is 0 Å². The highest BCUT2D eigenvalue weighted by molar-refractivity contribution is 5.55. The van der Waals surface area contributed by atoms with E-state index in [0.29, 0.717) is 5.92 Å². The lowest BCUT2D eigenvalue weighted by Gasteiger charge is -2.03. The molecule has 0 bridgehead atoms. The summed E-state index contributed by atoms with van der Waals surface area (Å²) in [5.74, 6) is 0.552. The Balaban J connectivity index is 4.11. The van der Waals surface area contributed by atoms with Crippen molar-refractivity contribution in [1.29, 1.82) is 0 Å². The maximum absolute atomic E-state index is 4.25. The predicted octanol–water partition coefficient (Wildman–Crippen LogP) is 3.03. The Bertz CT molecular complexity index is 132. The van der Waals surface area contributed by atoms with Crippen LogP contribution in [0.3, 0.4) is 0 Å². The second kappa shape index (κ2) is 5.21. The number of rotatable bonds is 3. The minimum Gasteiger partial charge on any atom is -0.266 e. The van der Waals surface area contributed by atoms with E-state index in [9.17, 15) is 0 Å². The van der Waals surface area contributed by atoms with E-state index in [0.717, 1.165) is 6.42 Å². The second-order valence-corrected chi connectivity index (χ2v) is 2.58. The van der Waals surface area contributed by atoms with Crippen LogP contribution in [0.2, 0.25) is 0 Å². The lowest BCUT2D eigenvalue weighted by molar-refractivity contribution is 0.752. The monoisotopic (exact) mass is 139 g/mol. The van der Waals surface area contributed by atoms with Gasteiger partial charge in [0, 0.05) is 11.9 Å². The van der Waals surface area contributed by atoms with Gasteiger partial charge in [-0.15, -0.1) is 0 Å². The normalized spacial score (nSPS) is 13.5. The van der Waals surface area contributed by atoms with Gasteiger partial charge in [-0.3, -0.25) is 4.99 Å². The van der Waals surface area contributed by atoms with Crippen LogP contribution in [0.15, 0.2) is 16.8 Å². The number of hydrogen-bond acceptors (Lipinski definition) is 1. The van der Waals surface area contributed by atoms with Crippen LogP contribution in [0.1, 0.15) is 34.1 Å². The molecule has 0 heterocycles. The molecule has 0 aliphatic rings. The van der Waals surface area contributed by atoms with Gasteiger partial charge in [0.2, 0.25) is 0 Å². The predicted molar refractivity (Wildman–Crippen MR) is 47.4 cm³/mol. The molecule has 0 unspecified atom stereocenters. The smallest absolute Gasteiger partial charge is 0.0385 e. The van der Waals surface area contributed by atoms with Gasteiger partial charge in [0.25, 0.3) is 0 Å². The summed E-state index contributed by atoms with van der Waals surface area (Å²) in [6.45, 7) is 8.41. The number of aliphatic imine (C=N–C) groups is 1. The summed E-state index contributed by atoms with van der Waals surface area (Å²) in [6, 6.07) is 0. The zero-order chi connectivity index (χ0) is 7.98. The summed E-state index contributed by atoms with van der Waals surface area (Å²) in [5.41, 5.74) is 1.20. The molecule has 0 aromatic carbocycles. The fourth-order valence-electron chi connectivity index (χ4n) is 0.796. The van der Waals surface area contributed by atoms with Crippen LogP contribution in [-0.4, -0.2) is 6.21 Å². The van der Waals surface area contributed by atoms with Gasteiger partial charge >= 0.3 is 0 Å². The minimum atomic E-state index is 0.552. The van der Waals surface area contributed by atoms with E-state index in [-0.39, 0.29) is 0 Å². The van der Waals surface area contributed by atoms with Crippen LogP contribution >= 0.6 is 0 Å². The number of nitrogens with zero attached hydrogens (tertiary/aromatic N) is 1. The summed E-state index contributed by atoms with van der Waals surface area (Å²) >= 11 is 0. The maximum atomic E-state index is 4.25. The van der Waals surface area contributed by atoms with Gasteiger partial charge in [-0.05, 0) is 19.3 Å². The van der Waals surface area contributed by atoms with Crippen molar-refractivity contribution in [2.24, 2.45) is 10.9 Å². The van der Waals surface area contributed by atoms with E-state index in [1.54, 1.807) is 0 Å². The molecule has 1 heteroatoms. The van der Waals surface area contributed by atoms with Gasteiger partial charge in [-0.25, -0.2) is 0 Å². The van der Waals surface area contributed by atoms with Crippen molar-refractivity contribution in [1.82, 2.24) is 0 Å². The van der Waals surface area contributed by atoms with E-state index in [4.69, 9.17) is 0 Å². The molecular formula is C9H17N. The van der Waals surface area contributed by atoms with Gasteiger partial charge < -0.3 is 0 Å². The van der Waals surface area contributed by atoms with Crippen molar-refractivity contribution in [2.75, 3.05) is 0 Å². The van der Waals surface area contributed by atoms with Crippen LogP contribution in [0.5, 0.6) is 0 Å². The molecular weight excluding hydrogens is 122 g/mol. The number of allylic oxidation sites excluding steroid dienone is 2. The van der Waals surface area contributed by atoms with Crippen molar-refractivity contribution < 1.29 is 0 Å². The van der Waals surface area contributed by atoms with Gasteiger partial charge in [-0.1, -0.05) is 26.8 Å². The minimum absolute atomic E-state index is 0.552. The molecule has 0 amide bonds. The third-order valence-corrected chi connectivity index (χ3v) is 1.28. The van der Waals surface area contributed by atoms with E-state index in [1.807, 2.05) is 13.1 Å². The molecule has 0 saturated carbocycles. The Morgan fingerprint density at radius 2 is 2.10 bits per heavy atom. The molecule has 0 spiro atoms. The zero-order valence-electron chi connectivity index (χ0n) is 7.39. The molecule has 0 aromatic rings. The Morgan fingerprint density at radius 1 is 1.50 bits per heavy atom. The first-order chi connectivity index (χ1) is 4.72. The molecule has 0 radical (unpaired) electrons. The average Bonchev–Trinajstić information content (AvgIpc) is 1.87. The lowest BCUT2D eigenvalue weighted by atomic mass is 10.1. The molecule has 0 aliphatic heterocycles. The van der Waals surface area contributed by atoms with Crippen LogP contribution in [0, 0.1) is 5.92 Å². The highest BCUT2D eigenvalue weighted by atomic mass is 14.7. The summed E-state index contributed by atoms with van der Waals surface area (Å²) < 4.78 is 0. The fraction of sp³-hybridized carbons (Fsp3) is 0.667. The highest BCUT2D eigenvalue weighted by Crippen LogP contribution is 2.10. The largest absolute Gasteiger partial charge is 0.266 e. The lowest BCUT2D eigenvalue weighted by Crippen LogP contribution is -1.90. The molecule has 58 valence electrons. The van der Waals surface area contributed by atoms with Crippen molar-refractivity contribution in [3.05, 3.63) is 11.8 Å². The molecule has 1 nitrogen and oxygen atoms in total. The molecule has 0 rings (SSSR count). The van der Waals surface area contributed by atoms with Crippen LogP contribution in [0.25, 0.3) is 0 Å². The quantitative estimate of drug-likeness (QED) is 0.533. The Labute approximate surface area is 63.9 Å². The van der Waals surface area contributed by atoms with Gasteiger partial charge in [0.05, 0.1) is 0 Å². The van der Waals surface area contributed by atoms with E-state index < -0.39 is 0 Å². The van der Waals surface area contributed by atoms with Crippen molar-refractivity contribution in [3.63, 3.8) is 0 Å². The first kappa shape index (κ1) is 9.41. The first-order valence-electron chi connectivity index (χ1n) is 3.91. The van der Waals surface area contributed by atoms with Gasteiger partial charge in [0.15, 0.2) is 0 Å². The third kappa shape index (κ3) is 3.44. The Morgan fingerprint density at radius 3 is 2.40 bits per heavy atom. The summed E-state index contributed by atoms with van der Waals surface area (Å²) in [5, 5.41) is 0. The average molecular weight is 139 g/mol. The van der Waals surface area contributed by atoms with Gasteiger partial charge in [0.1, 0.15) is 0 Å². The third-order valence-electron chi connectivity index (χ3n) is 1.28. The molecule has 0 aliphatic carbocycles. The highest BCUT2D eigenvalue weighted by Gasteiger charge is 1.97.